The van der Waals surface area contributed by atoms with Gasteiger partial charge in [0.25, 0.3) is 0 Å². The Labute approximate surface area is 201 Å². The lowest BCUT2D eigenvalue weighted by Gasteiger charge is -2.42. The van der Waals surface area contributed by atoms with Gasteiger partial charge in [0.1, 0.15) is 18.0 Å². The van der Waals surface area contributed by atoms with Crippen molar-refractivity contribution in [3.63, 3.8) is 0 Å². The third-order valence-electron chi connectivity index (χ3n) is 7.10. The Hall–Kier alpha value is -0.596. The number of hydrogen-bond donors (Lipinski definition) is 1. The molecule has 0 aliphatic carbocycles. The van der Waals surface area contributed by atoms with Crippen LogP contribution in [0.5, 0.6) is 0 Å². The maximum atomic E-state index is 16.4. The van der Waals surface area contributed by atoms with Gasteiger partial charge in [0, 0.05) is 6.20 Å². The first kappa shape index (κ1) is 27.6. The first-order valence-electron chi connectivity index (χ1n) is 10.9. The molecule has 0 bridgehead atoms. The van der Waals surface area contributed by atoms with E-state index in [0.717, 1.165) is 4.57 Å². The van der Waals surface area contributed by atoms with Crippen LogP contribution >= 0.6 is 15.9 Å². The van der Waals surface area contributed by atoms with E-state index in [0.29, 0.717) is 0 Å². The topological polar surface area (TPSA) is 88.6 Å². The van der Waals surface area contributed by atoms with Crippen LogP contribution in [0.25, 0.3) is 0 Å². The van der Waals surface area contributed by atoms with Crippen LogP contribution in [-0.4, -0.2) is 49.6 Å². The number of ether oxygens (including phenoxy) is 1. The summed E-state index contributed by atoms with van der Waals surface area (Å²) in [5.41, 5.74) is 4.92. The molecule has 11 heteroatoms. The minimum absolute atomic E-state index is 0.0141. The first-order chi connectivity index (χ1) is 14.2. The fourth-order valence-electron chi connectivity index (χ4n) is 2.85. The second-order valence-electron chi connectivity index (χ2n) is 11.6. The normalized spacial score (nSPS) is 27.7. The summed E-state index contributed by atoms with van der Waals surface area (Å²) in [5.74, 6) is 0.0650. The van der Waals surface area contributed by atoms with Crippen LogP contribution in [-0.2, 0) is 13.6 Å². The largest absolute Gasteiger partial charge is 0.414 e. The monoisotopic (exact) mass is 551 g/mol. The van der Waals surface area contributed by atoms with Gasteiger partial charge in [-0.2, -0.15) is 4.98 Å². The van der Waals surface area contributed by atoms with Crippen LogP contribution < -0.4 is 11.4 Å². The molecule has 0 aromatic carbocycles. The maximum Gasteiger partial charge on any atom is 0.351 e. The van der Waals surface area contributed by atoms with E-state index in [9.17, 15) is 4.79 Å². The summed E-state index contributed by atoms with van der Waals surface area (Å²) in [6.45, 7) is 21.3. The fourth-order valence-corrected chi connectivity index (χ4v) is 6.07. The molecule has 7 nitrogen and oxygen atoms in total. The molecule has 0 spiro atoms. The van der Waals surface area contributed by atoms with Gasteiger partial charge in [-0.25, -0.2) is 9.18 Å². The Balaban J connectivity index is 2.45. The lowest BCUT2D eigenvalue weighted by molar-refractivity contribution is -0.0474. The molecule has 4 atom stereocenters. The molecule has 2 heterocycles. The molecule has 1 saturated heterocycles. The molecule has 32 heavy (non-hydrogen) atoms. The molecule has 0 amide bonds. The number of alkyl halides is 2. The number of halogens is 2. The summed E-state index contributed by atoms with van der Waals surface area (Å²) >= 11 is 3.23. The van der Waals surface area contributed by atoms with Crippen LogP contribution in [0.3, 0.4) is 0 Å². The summed E-state index contributed by atoms with van der Waals surface area (Å²) in [6.07, 6.45) is -1.56. The molecule has 2 rings (SSSR count). The number of rotatable bonds is 6. The van der Waals surface area contributed by atoms with Crippen molar-refractivity contribution < 1.29 is 18.0 Å². The van der Waals surface area contributed by atoms with Gasteiger partial charge in [-0.05, 0) is 58.3 Å². The van der Waals surface area contributed by atoms with E-state index in [4.69, 9.17) is 19.3 Å². The Kier molecular flexibility index (Phi) is 7.67. The average Bonchev–Trinajstić information content (AvgIpc) is 2.82. The van der Waals surface area contributed by atoms with E-state index in [1.807, 2.05) is 0 Å². The molecule has 1 aliphatic rings. The number of aromatic nitrogens is 2. The van der Waals surface area contributed by atoms with Crippen molar-refractivity contribution in [3.05, 3.63) is 22.7 Å². The summed E-state index contributed by atoms with van der Waals surface area (Å²) in [5, 5.41) is -0.154. The second-order valence-corrected chi connectivity index (χ2v) is 22.4. The SMILES string of the molecule is CC(C)(C)[Si](C)(C)OC[C@H]1O[C@@H](n2ccc(N)nc2=O)[C@](F)(Br)[C@@H]1O[Si](C)(C)C(C)(C)C. The summed E-state index contributed by atoms with van der Waals surface area (Å²) in [4.78, 5) is 16.2. The van der Waals surface area contributed by atoms with Gasteiger partial charge >= 0.3 is 5.69 Å². The Bertz CT molecular complexity index is 881. The highest BCUT2D eigenvalue weighted by Crippen LogP contribution is 2.50. The highest BCUT2D eigenvalue weighted by Gasteiger charge is 2.61. The number of anilines is 1. The standard InChI is InChI=1S/C21H39BrFN3O4Si2/c1-19(2,3)31(7,8)28-13-14-16(30-32(9,10)20(4,5)6)21(22,23)17(29-14)26-12-11-15(24)25-18(26)27/h11-12,14,16-17H,13H2,1-10H3,(H2,24,25,27)/t14-,16-,17-,21+/m1/s1. The van der Waals surface area contributed by atoms with E-state index < -0.39 is 45.3 Å². The van der Waals surface area contributed by atoms with Crippen LogP contribution in [0.2, 0.25) is 36.3 Å². The van der Waals surface area contributed by atoms with Gasteiger partial charge in [-0.1, -0.05) is 41.5 Å². The number of hydrogen-bond acceptors (Lipinski definition) is 6. The molecule has 1 fully saturated rings. The van der Waals surface area contributed by atoms with E-state index in [-0.39, 0.29) is 22.5 Å². The number of nitrogen functional groups attached to an aromatic ring is 1. The highest BCUT2D eigenvalue weighted by atomic mass is 79.9. The fraction of sp³-hybridized carbons (Fsp3) is 0.810. The summed E-state index contributed by atoms with van der Waals surface area (Å²) < 4.78 is 34.3. The van der Waals surface area contributed by atoms with Crippen molar-refractivity contribution in [2.45, 2.75) is 101 Å². The molecule has 184 valence electrons. The van der Waals surface area contributed by atoms with Crippen molar-refractivity contribution in [1.82, 2.24) is 9.55 Å². The van der Waals surface area contributed by atoms with E-state index in [2.05, 4.69) is 88.6 Å². The number of nitrogens with two attached hydrogens (primary N) is 1. The first-order valence-corrected chi connectivity index (χ1v) is 17.5. The zero-order valence-corrected chi connectivity index (χ0v) is 24.5. The predicted molar refractivity (Wildman–Crippen MR) is 135 cm³/mol. The van der Waals surface area contributed by atoms with Gasteiger partial charge in [-0.15, -0.1) is 0 Å². The van der Waals surface area contributed by atoms with Crippen LogP contribution in [0.1, 0.15) is 47.8 Å². The van der Waals surface area contributed by atoms with Crippen molar-refractivity contribution in [2.24, 2.45) is 0 Å². The molecular weight excluding hydrogens is 513 g/mol. The molecule has 1 aromatic heterocycles. The Morgan fingerprint density at radius 1 is 1.19 bits per heavy atom. The van der Waals surface area contributed by atoms with Crippen LogP contribution in [0.15, 0.2) is 17.1 Å². The Morgan fingerprint density at radius 3 is 2.19 bits per heavy atom. The lowest BCUT2D eigenvalue weighted by Crippen LogP contribution is -2.52. The summed E-state index contributed by atoms with van der Waals surface area (Å²) in [7, 11) is -4.51. The quantitative estimate of drug-likeness (QED) is 0.386. The van der Waals surface area contributed by atoms with Crippen LogP contribution in [0, 0.1) is 0 Å². The zero-order valence-electron chi connectivity index (χ0n) is 21.0. The molecular formula is C21H39BrFN3O4Si2. The van der Waals surface area contributed by atoms with Crippen molar-refractivity contribution in [2.75, 3.05) is 12.3 Å². The minimum Gasteiger partial charge on any atom is -0.414 e. The van der Waals surface area contributed by atoms with Crippen molar-refractivity contribution in [1.29, 1.82) is 0 Å². The van der Waals surface area contributed by atoms with Gasteiger partial charge < -0.3 is 19.3 Å². The van der Waals surface area contributed by atoms with E-state index in [1.165, 1.54) is 12.3 Å². The molecule has 1 aromatic rings. The number of nitrogens with zero attached hydrogens (tertiary/aromatic N) is 2. The summed E-state index contributed by atoms with van der Waals surface area (Å²) in [6, 6.07) is 1.44. The van der Waals surface area contributed by atoms with Crippen LogP contribution in [0.4, 0.5) is 10.2 Å². The minimum atomic E-state index is -2.38. The molecule has 0 radical (unpaired) electrons. The third-order valence-corrected chi connectivity index (χ3v) is 16.9. The third kappa shape index (κ3) is 5.55. The van der Waals surface area contributed by atoms with Gasteiger partial charge in [-0.3, -0.25) is 4.57 Å². The average molecular weight is 553 g/mol. The van der Waals surface area contributed by atoms with Gasteiger partial charge in [0.15, 0.2) is 22.9 Å². The highest BCUT2D eigenvalue weighted by molar-refractivity contribution is 9.10. The predicted octanol–water partition coefficient (Wildman–Crippen LogP) is 5.20. The van der Waals surface area contributed by atoms with Crippen molar-refractivity contribution in [3.8, 4) is 0 Å². The lowest BCUT2D eigenvalue weighted by atomic mass is 10.1. The van der Waals surface area contributed by atoms with E-state index >= 15 is 4.39 Å². The second kappa shape index (κ2) is 8.88. The Morgan fingerprint density at radius 2 is 1.72 bits per heavy atom. The zero-order chi connectivity index (χ0) is 24.9. The molecule has 2 N–H and O–H groups in total. The van der Waals surface area contributed by atoms with Gasteiger partial charge in [0.2, 0.25) is 4.58 Å². The maximum absolute atomic E-state index is 16.4. The van der Waals surface area contributed by atoms with Gasteiger partial charge in [0.05, 0.1) is 6.61 Å². The van der Waals surface area contributed by atoms with E-state index in [1.54, 1.807) is 0 Å². The smallest absolute Gasteiger partial charge is 0.351 e. The van der Waals surface area contributed by atoms with Crippen molar-refractivity contribution >= 4 is 38.4 Å². The molecule has 0 saturated carbocycles. The molecule has 1 aliphatic heterocycles. The molecule has 0 unspecified atom stereocenters.